The van der Waals surface area contributed by atoms with Crippen LogP contribution >= 0.6 is 11.3 Å². The van der Waals surface area contributed by atoms with Crippen LogP contribution in [-0.2, 0) is 11.2 Å². The fourth-order valence-electron chi connectivity index (χ4n) is 2.24. The second-order valence-electron chi connectivity index (χ2n) is 5.20. The van der Waals surface area contributed by atoms with Gasteiger partial charge in [0, 0.05) is 23.4 Å². The van der Waals surface area contributed by atoms with Gasteiger partial charge in [-0.3, -0.25) is 4.79 Å². The zero-order valence-corrected chi connectivity index (χ0v) is 13.4. The molecule has 3 aromatic rings. The molecule has 0 aliphatic rings. The van der Waals surface area contributed by atoms with E-state index in [0.29, 0.717) is 23.7 Å². The number of aromatic nitrogens is 1. The molecule has 0 atom stereocenters. The molecule has 0 aliphatic heterocycles. The zero-order valence-electron chi connectivity index (χ0n) is 12.6. The molecule has 1 N–H and O–H groups in total. The van der Waals surface area contributed by atoms with E-state index in [0.717, 1.165) is 11.6 Å². The number of thiazole rings is 1. The number of nitrogens with one attached hydrogen (secondary N) is 1. The van der Waals surface area contributed by atoms with Gasteiger partial charge in [0.1, 0.15) is 11.6 Å². The summed E-state index contributed by atoms with van der Waals surface area (Å²) < 4.78 is 26.7. The summed E-state index contributed by atoms with van der Waals surface area (Å²) in [6, 6.07) is 13.0. The number of carbonyl (C=O) groups excluding carboxylic acids is 1. The molecule has 0 bridgehead atoms. The number of rotatable bonds is 5. The van der Waals surface area contributed by atoms with E-state index in [4.69, 9.17) is 0 Å². The van der Waals surface area contributed by atoms with E-state index >= 15 is 0 Å². The van der Waals surface area contributed by atoms with Crippen molar-refractivity contribution >= 4 is 22.4 Å². The van der Waals surface area contributed by atoms with Gasteiger partial charge in [0.2, 0.25) is 5.91 Å². The van der Waals surface area contributed by atoms with Crippen molar-refractivity contribution < 1.29 is 13.6 Å². The van der Waals surface area contributed by atoms with Crippen LogP contribution in [0.1, 0.15) is 12.0 Å². The first-order valence-electron chi connectivity index (χ1n) is 7.36. The molecule has 0 saturated carbocycles. The largest absolute Gasteiger partial charge is 0.302 e. The van der Waals surface area contributed by atoms with Crippen LogP contribution in [0, 0.1) is 11.6 Å². The maximum absolute atomic E-state index is 13.8. The summed E-state index contributed by atoms with van der Waals surface area (Å²) in [5.41, 5.74) is 1.66. The molecule has 0 fully saturated rings. The van der Waals surface area contributed by atoms with Gasteiger partial charge in [-0.25, -0.2) is 13.8 Å². The molecule has 3 rings (SSSR count). The standard InChI is InChI=1S/C18H14F2N2OS/c19-13-7-8-14(15(20)10-13)16-11-24-18(21-16)22-17(23)9-6-12-4-2-1-3-5-12/h1-5,7-8,10-11H,6,9H2,(H,21,22,23). The van der Waals surface area contributed by atoms with Crippen molar-refractivity contribution in [1.82, 2.24) is 4.98 Å². The van der Waals surface area contributed by atoms with E-state index in [2.05, 4.69) is 10.3 Å². The zero-order chi connectivity index (χ0) is 16.9. The highest BCUT2D eigenvalue weighted by atomic mass is 32.1. The molecule has 0 radical (unpaired) electrons. The number of anilines is 1. The van der Waals surface area contributed by atoms with Crippen LogP contribution in [0.5, 0.6) is 0 Å². The predicted molar refractivity (Wildman–Crippen MR) is 90.9 cm³/mol. The normalized spacial score (nSPS) is 10.6. The Balaban J connectivity index is 1.62. The number of halogens is 2. The van der Waals surface area contributed by atoms with Gasteiger partial charge in [-0.05, 0) is 24.1 Å². The van der Waals surface area contributed by atoms with E-state index in [1.54, 1.807) is 5.38 Å². The maximum Gasteiger partial charge on any atom is 0.226 e. The van der Waals surface area contributed by atoms with Gasteiger partial charge >= 0.3 is 0 Å². The number of amides is 1. The van der Waals surface area contributed by atoms with Gasteiger partial charge < -0.3 is 5.32 Å². The summed E-state index contributed by atoms with van der Waals surface area (Å²) in [5.74, 6) is -1.47. The Hall–Kier alpha value is -2.60. The van der Waals surface area contributed by atoms with Crippen LogP contribution in [0.15, 0.2) is 53.9 Å². The van der Waals surface area contributed by atoms with Crippen molar-refractivity contribution in [3.05, 3.63) is 71.1 Å². The minimum Gasteiger partial charge on any atom is -0.302 e. The fraction of sp³-hybridized carbons (Fsp3) is 0.111. The lowest BCUT2D eigenvalue weighted by Gasteiger charge is -2.02. The molecule has 0 aliphatic carbocycles. The molecule has 24 heavy (non-hydrogen) atoms. The van der Waals surface area contributed by atoms with Gasteiger partial charge in [0.05, 0.1) is 5.69 Å². The molecule has 1 aromatic heterocycles. The number of carbonyl (C=O) groups is 1. The lowest BCUT2D eigenvalue weighted by Crippen LogP contribution is -2.12. The topological polar surface area (TPSA) is 42.0 Å². The molecule has 0 spiro atoms. The van der Waals surface area contributed by atoms with Crippen LogP contribution in [-0.4, -0.2) is 10.9 Å². The molecule has 0 saturated heterocycles. The highest BCUT2D eigenvalue weighted by molar-refractivity contribution is 7.14. The second kappa shape index (κ2) is 7.31. The summed E-state index contributed by atoms with van der Waals surface area (Å²) in [6.07, 6.45) is 0.974. The second-order valence-corrected chi connectivity index (χ2v) is 6.05. The van der Waals surface area contributed by atoms with Crippen molar-refractivity contribution in [2.75, 3.05) is 5.32 Å². The number of aryl methyl sites for hydroxylation is 1. The van der Waals surface area contributed by atoms with Crippen molar-refractivity contribution in [2.24, 2.45) is 0 Å². The fourth-order valence-corrected chi connectivity index (χ4v) is 2.96. The molecule has 2 aromatic carbocycles. The summed E-state index contributed by atoms with van der Waals surface area (Å²) in [5, 5.41) is 4.73. The smallest absolute Gasteiger partial charge is 0.226 e. The van der Waals surface area contributed by atoms with E-state index in [1.165, 1.54) is 23.5 Å². The number of benzene rings is 2. The summed E-state index contributed by atoms with van der Waals surface area (Å²) in [6.45, 7) is 0. The minimum absolute atomic E-state index is 0.153. The lowest BCUT2D eigenvalue weighted by atomic mass is 10.1. The van der Waals surface area contributed by atoms with Crippen LogP contribution in [0.4, 0.5) is 13.9 Å². The quantitative estimate of drug-likeness (QED) is 0.731. The highest BCUT2D eigenvalue weighted by Gasteiger charge is 2.12. The van der Waals surface area contributed by atoms with Crippen molar-refractivity contribution in [2.45, 2.75) is 12.8 Å². The number of hydrogen-bond donors (Lipinski definition) is 1. The molecular formula is C18H14F2N2OS. The average Bonchev–Trinajstić information content (AvgIpc) is 3.02. The third-order valence-corrected chi connectivity index (χ3v) is 4.20. The van der Waals surface area contributed by atoms with Gasteiger partial charge in [-0.1, -0.05) is 30.3 Å². The van der Waals surface area contributed by atoms with E-state index in [9.17, 15) is 13.6 Å². The molecule has 1 amide bonds. The number of nitrogens with zero attached hydrogens (tertiary/aromatic N) is 1. The van der Waals surface area contributed by atoms with E-state index in [-0.39, 0.29) is 11.5 Å². The summed E-state index contributed by atoms with van der Waals surface area (Å²) in [4.78, 5) is 16.2. The molecule has 122 valence electrons. The third-order valence-electron chi connectivity index (χ3n) is 3.44. The first-order valence-corrected chi connectivity index (χ1v) is 8.24. The Morgan fingerprint density at radius 1 is 1.12 bits per heavy atom. The first-order chi connectivity index (χ1) is 11.6. The third kappa shape index (κ3) is 4.02. The van der Waals surface area contributed by atoms with E-state index < -0.39 is 11.6 Å². The monoisotopic (exact) mass is 344 g/mol. The van der Waals surface area contributed by atoms with E-state index in [1.807, 2.05) is 30.3 Å². The minimum atomic E-state index is -0.678. The van der Waals surface area contributed by atoms with Crippen molar-refractivity contribution in [1.29, 1.82) is 0 Å². The molecule has 0 unspecified atom stereocenters. The molecular weight excluding hydrogens is 330 g/mol. The maximum atomic E-state index is 13.8. The Kier molecular flexibility index (Phi) is 4.96. The average molecular weight is 344 g/mol. The number of hydrogen-bond acceptors (Lipinski definition) is 3. The molecule has 6 heteroatoms. The highest BCUT2D eigenvalue weighted by Crippen LogP contribution is 2.27. The SMILES string of the molecule is O=C(CCc1ccccc1)Nc1nc(-c2ccc(F)cc2F)cs1. The van der Waals surface area contributed by atoms with Crippen LogP contribution in [0.3, 0.4) is 0 Å². The van der Waals surface area contributed by atoms with Gasteiger partial charge in [0.25, 0.3) is 0 Å². The van der Waals surface area contributed by atoms with Gasteiger partial charge in [-0.2, -0.15) is 0 Å². The Labute approximate surface area is 142 Å². The van der Waals surface area contributed by atoms with Crippen LogP contribution < -0.4 is 5.32 Å². The van der Waals surface area contributed by atoms with Gasteiger partial charge in [-0.15, -0.1) is 11.3 Å². The van der Waals surface area contributed by atoms with Crippen molar-refractivity contribution in [3.8, 4) is 11.3 Å². The summed E-state index contributed by atoms with van der Waals surface area (Å²) in [7, 11) is 0. The molecule has 3 nitrogen and oxygen atoms in total. The molecule has 1 heterocycles. The van der Waals surface area contributed by atoms with Crippen LogP contribution in [0.25, 0.3) is 11.3 Å². The Bertz CT molecular complexity index is 849. The lowest BCUT2D eigenvalue weighted by molar-refractivity contribution is -0.116. The van der Waals surface area contributed by atoms with Gasteiger partial charge in [0.15, 0.2) is 5.13 Å². The Morgan fingerprint density at radius 2 is 1.92 bits per heavy atom. The first kappa shape index (κ1) is 16.3. The van der Waals surface area contributed by atoms with Crippen LogP contribution in [0.2, 0.25) is 0 Å². The van der Waals surface area contributed by atoms with Crippen molar-refractivity contribution in [3.63, 3.8) is 0 Å². The Morgan fingerprint density at radius 3 is 2.67 bits per heavy atom. The summed E-state index contributed by atoms with van der Waals surface area (Å²) >= 11 is 1.20. The predicted octanol–water partition coefficient (Wildman–Crippen LogP) is 4.66.